The van der Waals surface area contributed by atoms with Crippen molar-refractivity contribution in [3.8, 4) is 5.75 Å². The Hall–Kier alpha value is -3.15. The van der Waals surface area contributed by atoms with E-state index in [0.717, 1.165) is 23.1 Å². The zero-order chi connectivity index (χ0) is 18.2. The van der Waals surface area contributed by atoms with Gasteiger partial charge in [0, 0.05) is 11.3 Å². The standard InChI is InChI=1S/C19H20N2O4/c1-13-4-3-5-14(2)19(13)21-17(23)10-20-18(24)12-25-16-8-6-15(11-22)7-9-16/h3-9,11H,10,12H2,1-2H3,(H,20,24)(H,21,23). The molecule has 6 nitrogen and oxygen atoms in total. The summed E-state index contributed by atoms with van der Waals surface area (Å²) in [7, 11) is 0. The molecule has 0 spiro atoms. The molecule has 0 aromatic heterocycles. The first-order valence-electron chi connectivity index (χ1n) is 7.80. The normalized spacial score (nSPS) is 10.0. The Bertz CT molecular complexity index is 749. The van der Waals surface area contributed by atoms with E-state index in [-0.39, 0.29) is 19.1 Å². The molecule has 2 aromatic rings. The second kappa shape index (κ2) is 8.63. The van der Waals surface area contributed by atoms with Crippen LogP contribution in [0.5, 0.6) is 5.75 Å². The van der Waals surface area contributed by atoms with Crippen molar-refractivity contribution in [2.24, 2.45) is 0 Å². The van der Waals surface area contributed by atoms with Crippen molar-refractivity contribution in [1.82, 2.24) is 5.32 Å². The molecule has 0 fully saturated rings. The summed E-state index contributed by atoms with van der Waals surface area (Å²) >= 11 is 0. The van der Waals surface area contributed by atoms with Crippen LogP contribution in [-0.4, -0.2) is 31.3 Å². The van der Waals surface area contributed by atoms with Gasteiger partial charge in [0.1, 0.15) is 12.0 Å². The van der Waals surface area contributed by atoms with Gasteiger partial charge in [-0.1, -0.05) is 18.2 Å². The predicted octanol–water partition coefficient (Wildman–Crippen LogP) is 2.25. The van der Waals surface area contributed by atoms with E-state index < -0.39 is 5.91 Å². The highest BCUT2D eigenvalue weighted by Gasteiger charge is 2.09. The predicted molar refractivity (Wildman–Crippen MR) is 94.9 cm³/mol. The number of carbonyl (C=O) groups is 3. The van der Waals surface area contributed by atoms with Crippen LogP contribution in [-0.2, 0) is 9.59 Å². The number of amides is 2. The molecule has 2 rings (SSSR count). The first-order chi connectivity index (χ1) is 12.0. The van der Waals surface area contributed by atoms with Gasteiger partial charge in [0.25, 0.3) is 5.91 Å². The first kappa shape index (κ1) is 18.2. The Labute approximate surface area is 146 Å². The Balaban J connectivity index is 1.77. The fourth-order valence-electron chi connectivity index (χ4n) is 2.22. The molecular formula is C19H20N2O4. The first-order valence-corrected chi connectivity index (χ1v) is 7.80. The molecule has 0 bridgehead atoms. The molecule has 0 saturated heterocycles. The van der Waals surface area contributed by atoms with Crippen LogP contribution in [0.25, 0.3) is 0 Å². The van der Waals surface area contributed by atoms with Crippen LogP contribution in [0.2, 0.25) is 0 Å². The van der Waals surface area contributed by atoms with Gasteiger partial charge < -0.3 is 15.4 Å². The number of rotatable bonds is 7. The lowest BCUT2D eigenvalue weighted by molar-refractivity contribution is -0.125. The van der Waals surface area contributed by atoms with Gasteiger partial charge in [-0.05, 0) is 49.2 Å². The van der Waals surface area contributed by atoms with Crippen LogP contribution >= 0.6 is 0 Å². The number of para-hydroxylation sites is 1. The lowest BCUT2D eigenvalue weighted by atomic mass is 10.1. The fourth-order valence-corrected chi connectivity index (χ4v) is 2.22. The Kier molecular flexibility index (Phi) is 6.28. The average molecular weight is 340 g/mol. The molecule has 25 heavy (non-hydrogen) atoms. The van der Waals surface area contributed by atoms with Crippen LogP contribution in [0.3, 0.4) is 0 Å². The van der Waals surface area contributed by atoms with Crippen LogP contribution in [0.1, 0.15) is 21.5 Å². The third kappa shape index (κ3) is 5.46. The number of carbonyl (C=O) groups excluding carboxylic acids is 3. The molecule has 0 saturated carbocycles. The van der Waals surface area contributed by atoms with Crippen LogP contribution in [0.4, 0.5) is 5.69 Å². The van der Waals surface area contributed by atoms with Crippen molar-refractivity contribution in [3.05, 3.63) is 59.2 Å². The minimum absolute atomic E-state index is 0.139. The SMILES string of the molecule is Cc1cccc(C)c1NC(=O)CNC(=O)COc1ccc(C=O)cc1. The topological polar surface area (TPSA) is 84.5 Å². The largest absolute Gasteiger partial charge is 0.484 e. The maximum Gasteiger partial charge on any atom is 0.258 e. The highest BCUT2D eigenvalue weighted by atomic mass is 16.5. The molecule has 0 heterocycles. The van der Waals surface area contributed by atoms with Crippen molar-refractivity contribution in [1.29, 1.82) is 0 Å². The van der Waals surface area contributed by atoms with E-state index in [2.05, 4.69) is 10.6 Å². The summed E-state index contributed by atoms with van der Waals surface area (Å²) in [6, 6.07) is 12.1. The number of anilines is 1. The molecule has 0 aliphatic heterocycles. The summed E-state index contributed by atoms with van der Waals surface area (Å²) in [5.41, 5.74) is 3.21. The molecule has 0 aliphatic carbocycles. The van der Waals surface area contributed by atoms with Gasteiger partial charge in [-0.2, -0.15) is 0 Å². The Morgan fingerprint density at radius 2 is 1.64 bits per heavy atom. The second-order valence-corrected chi connectivity index (χ2v) is 5.57. The number of hydrogen-bond acceptors (Lipinski definition) is 4. The van der Waals surface area contributed by atoms with Crippen molar-refractivity contribution in [3.63, 3.8) is 0 Å². The van der Waals surface area contributed by atoms with Crippen molar-refractivity contribution >= 4 is 23.8 Å². The summed E-state index contributed by atoms with van der Waals surface area (Å²) in [5.74, 6) is -0.238. The van der Waals surface area contributed by atoms with Gasteiger partial charge in [0.2, 0.25) is 5.91 Å². The van der Waals surface area contributed by atoms with Crippen LogP contribution in [0.15, 0.2) is 42.5 Å². The summed E-state index contributed by atoms with van der Waals surface area (Å²) in [4.78, 5) is 34.3. The van der Waals surface area contributed by atoms with E-state index in [0.29, 0.717) is 11.3 Å². The van der Waals surface area contributed by atoms with Gasteiger partial charge in [-0.15, -0.1) is 0 Å². The maximum absolute atomic E-state index is 12.0. The van der Waals surface area contributed by atoms with E-state index in [1.165, 1.54) is 0 Å². The van der Waals surface area contributed by atoms with Crippen molar-refractivity contribution < 1.29 is 19.1 Å². The third-order valence-corrected chi connectivity index (χ3v) is 3.58. The van der Waals surface area contributed by atoms with Crippen LogP contribution < -0.4 is 15.4 Å². The summed E-state index contributed by atoms with van der Waals surface area (Å²) in [6.07, 6.45) is 0.727. The minimum atomic E-state index is -0.406. The summed E-state index contributed by atoms with van der Waals surface area (Å²) in [5, 5.41) is 5.30. The summed E-state index contributed by atoms with van der Waals surface area (Å²) in [6.45, 7) is 3.47. The number of aldehydes is 1. The zero-order valence-corrected chi connectivity index (χ0v) is 14.2. The molecule has 0 unspecified atom stereocenters. The highest BCUT2D eigenvalue weighted by molar-refractivity contribution is 5.95. The van der Waals surface area contributed by atoms with Gasteiger partial charge in [-0.25, -0.2) is 0 Å². The quantitative estimate of drug-likeness (QED) is 0.757. The number of nitrogens with one attached hydrogen (secondary N) is 2. The van der Waals surface area contributed by atoms with E-state index >= 15 is 0 Å². The molecule has 0 aliphatic rings. The van der Waals surface area contributed by atoms with Gasteiger partial charge >= 0.3 is 0 Å². The van der Waals surface area contributed by atoms with Crippen molar-refractivity contribution in [2.45, 2.75) is 13.8 Å². The summed E-state index contributed by atoms with van der Waals surface area (Å²) < 4.78 is 5.30. The van der Waals surface area contributed by atoms with E-state index in [4.69, 9.17) is 4.74 Å². The average Bonchev–Trinajstić information content (AvgIpc) is 2.62. The molecular weight excluding hydrogens is 320 g/mol. The Morgan fingerprint density at radius 1 is 1.00 bits per heavy atom. The maximum atomic E-state index is 12.0. The minimum Gasteiger partial charge on any atom is -0.484 e. The number of aryl methyl sites for hydroxylation is 2. The second-order valence-electron chi connectivity index (χ2n) is 5.57. The van der Waals surface area contributed by atoms with E-state index in [9.17, 15) is 14.4 Å². The van der Waals surface area contributed by atoms with Gasteiger partial charge in [0.05, 0.1) is 6.54 Å². The lowest BCUT2D eigenvalue weighted by Gasteiger charge is -2.12. The van der Waals surface area contributed by atoms with Crippen LogP contribution in [0, 0.1) is 13.8 Å². The molecule has 130 valence electrons. The zero-order valence-electron chi connectivity index (χ0n) is 14.2. The van der Waals surface area contributed by atoms with Gasteiger partial charge in [0.15, 0.2) is 6.61 Å². The fraction of sp³-hybridized carbons (Fsp3) is 0.211. The highest BCUT2D eigenvalue weighted by Crippen LogP contribution is 2.19. The third-order valence-electron chi connectivity index (χ3n) is 3.58. The van der Waals surface area contributed by atoms with Gasteiger partial charge in [-0.3, -0.25) is 14.4 Å². The van der Waals surface area contributed by atoms with Crippen molar-refractivity contribution in [2.75, 3.05) is 18.5 Å². The smallest absolute Gasteiger partial charge is 0.258 e. The molecule has 2 aromatic carbocycles. The van der Waals surface area contributed by atoms with E-state index in [1.54, 1.807) is 24.3 Å². The monoisotopic (exact) mass is 340 g/mol. The molecule has 6 heteroatoms. The molecule has 2 N–H and O–H groups in total. The molecule has 0 radical (unpaired) electrons. The lowest BCUT2D eigenvalue weighted by Crippen LogP contribution is -2.36. The Morgan fingerprint density at radius 3 is 2.24 bits per heavy atom. The number of hydrogen-bond donors (Lipinski definition) is 2. The van der Waals surface area contributed by atoms with E-state index in [1.807, 2.05) is 32.0 Å². The number of ether oxygens (including phenoxy) is 1. The molecule has 2 amide bonds. The molecule has 0 atom stereocenters. The number of benzene rings is 2.